The van der Waals surface area contributed by atoms with E-state index in [2.05, 4.69) is 10.1 Å². The zero-order valence-corrected chi connectivity index (χ0v) is 12.7. The van der Waals surface area contributed by atoms with Crippen molar-refractivity contribution in [2.24, 2.45) is 0 Å². The number of halogens is 1. The van der Waals surface area contributed by atoms with Gasteiger partial charge in [-0.1, -0.05) is 13.0 Å². The topological polar surface area (TPSA) is 64.3 Å². The van der Waals surface area contributed by atoms with Gasteiger partial charge >= 0.3 is 5.97 Å². The lowest BCUT2D eigenvalue weighted by Crippen LogP contribution is -2.12. The minimum absolute atomic E-state index is 0.0198. The number of carbonyl (C=O) groups excluding carboxylic acids is 1. The third-order valence-corrected chi connectivity index (χ3v) is 4.16. The van der Waals surface area contributed by atoms with E-state index >= 15 is 0 Å². The van der Waals surface area contributed by atoms with Gasteiger partial charge in [0.05, 0.1) is 24.4 Å². The molecule has 0 aliphatic heterocycles. The van der Waals surface area contributed by atoms with E-state index in [1.165, 1.54) is 13.2 Å². The number of methoxy groups -OCH3 is 1. The number of hydrogen-bond donors (Lipinski definition) is 2. The number of nitrogens with one attached hydrogen (secondary N) is 1. The zero-order chi connectivity index (χ0) is 15.4. The van der Waals surface area contributed by atoms with Crippen LogP contribution in [0.4, 0.5) is 15.8 Å². The standard InChI is InChI=1S/C15H17FN2O2S/c1-3-12(14-5-4-6-21-14)18-13-7-9(15(19)20-2)11(17)8-10(13)16/h4-8,12,18H,3,17H2,1-2H3. The average Bonchev–Trinajstić information content (AvgIpc) is 2.99. The van der Waals surface area contributed by atoms with Crippen molar-refractivity contribution in [2.75, 3.05) is 18.2 Å². The summed E-state index contributed by atoms with van der Waals surface area (Å²) in [6.07, 6.45) is 0.790. The molecule has 0 radical (unpaired) electrons. The van der Waals surface area contributed by atoms with Gasteiger partial charge in [0.15, 0.2) is 0 Å². The third-order valence-electron chi connectivity index (χ3n) is 3.17. The fraction of sp³-hybridized carbons (Fsp3) is 0.267. The van der Waals surface area contributed by atoms with Crippen LogP contribution in [0.15, 0.2) is 29.6 Å². The second-order valence-electron chi connectivity index (χ2n) is 4.53. The molecule has 0 amide bonds. The minimum Gasteiger partial charge on any atom is -0.465 e. The molecule has 0 bridgehead atoms. The lowest BCUT2D eigenvalue weighted by molar-refractivity contribution is 0.0602. The monoisotopic (exact) mass is 308 g/mol. The maximum absolute atomic E-state index is 14.0. The molecule has 21 heavy (non-hydrogen) atoms. The quantitative estimate of drug-likeness (QED) is 0.651. The maximum Gasteiger partial charge on any atom is 0.340 e. The molecule has 1 unspecified atom stereocenters. The Morgan fingerprint density at radius 3 is 2.86 bits per heavy atom. The van der Waals surface area contributed by atoms with Crippen LogP contribution in [-0.4, -0.2) is 13.1 Å². The fourth-order valence-corrected chi connectivity index (χ4v) is 2.90. The lowest BCUT2D eigenvalue weighted by Gasteiger charge is -2.18. The summed E-state index contributed by atoms with van der Waals surface area (Å²) in [5.74, 6) is -1.07. The second kappa shape index (κ2) is 6.58. The Bertz CT molecular complexity index is 629. The van der Waals surface area contributed by atoms with Crippen LogP contribution in [0.2, 0.25) is 0 Å². The van der Waals surface area contributed by atoms with E-state index < -0.39 is 11.8 Å². The molecule has 2 aromatic rings. The van der Waals surface area contributed by atoms with E-state index in [-0.39, 0.29) is 23.0 Å². The van der Waals surface area contributed by atoms with Crippen LogP contribution in [0.25, 0.3) is 0 Å². The van der Waals surface area contributed by atoms with Crippen molar-refractivity contribution in [3.05, 3.63) is 45.9 Å². The van der Waals surface area contributed by atoms with Gasteiger partial charge in [-0.2, -0.15) is 0 Å². The van der Waals surface area contributed by atoms with Crippen LogP contribution in [0.1, 0.15) is 34.6 Å². The minimum atomic E-state index is -0.584. The Labute approximate surface area is 126 Å². The summed E-state index contributed by atoms with van der Waals surface area (Å²) in [6, 6.07) is 6.45. The Kier molecular flexibility index (Phi) is 4.80. The highest BCUT2D eigenvalue weighted by atomic mass is 32.1. The smallest absolute Gasteiger partial charge is 0.340 e. The molecular formula is C15H17FN2O2S. The van der Waals surface area contributed by atoms with Gasteiger partial charge in [-0.05, 0) is 30.0 Å². The van der Waals surface area contributed by atoms with Crippen molar-refractivity contribution in [3.63, 3.8) is 0 Å². The Balaban J connectivity index is 2.33. The molecular weight excluding hydrogens is 291 g/mol. The van der Waals surface area contributed by atoms with E-state index in [1.807, 2.05) is 24.4 Å². The van der Waals surface area contributed by atoms with Gasteiger partial charge < -0.3 is 15.8 Å². The number of nitrogens with two attached hydrogens (primary N) is 1. The summed E-state index contributed by atoms with van der Waals surface area (Å²) in [6.45, 7) is 2.01. The van der Waals surface area contributed by atoms with Gasteiger partial charge in [-0.3, -0.25) is 0 Å². The molecule has 1 atom stereocenters. The van der Waals surface area contributed by atoms with Crippen molar-refractivity contribution in [2.45, 2.75) is 19.4 Å². The number of thiophene rings is 1. The second-order valence-corrected chi connectivity index (χ2v) is 5.51. The number of anilines is 2. The highest BCUT2D eigenvalue weighted by Crippen LogP contribution is 2.30. The van der Waals surface area contributed by atoms with Gasteiger partial charge in [-0.25, -0.2) is 9.18 Å². The number of hydrogen-bond acceptors (Lipinski definition) is 5. The molecule has 2 rings (SSSR count). The number of nitrogen functional groups attached to an aromatic ring is 1. The van der Waals surface area contributed by atoms with Gasteiger partial charge in [0.2, 0.25) is 0 Å². The van der Waals surface area contributed by atoms with Crippen molar-refractivity contribution in [1.29, 1.82) is 0 Å². The van der Waals surface area contributed by atoms with Gasteiger partial charge in [-0.15, -0.1) is 11.3 Å². The first kappa shape index (κ1) is 15.3. The summed E-state index contributed by atoms with van der Waals surface area (Å²) in [7, 11) is 1.26. The van der Waals surface area contributed by atoms with Crippen molar-refractivity contribution >= 4 is 28.7 Å². The molecule has 0 saturated carbocycles. The van der Waals surface area contributed by atoms with Crippen molar-refractivity contribution in [1.82, 2.24) is 0 Å². The summed E-state index contributed by atoms with van der Waals surface area (Å²) >= 11 is 1.60. The van der Waals surface area contributed by atoms with Crippen LogP contribution < -0.4 is 11.1 Å². The van der Waals surface area contributed by atoms with Crippen LogP contribution in [0.3, 0.4) is 0 Å². The molecule has 0 spiro atoms. The lowest BCUT2D eigenvalue weighted by atomic mass is 10.1. The molecule has 1 aromatic heterocycles. The van der Waals surface area contributed by atoms with E-state index in [4.69, 9.17) is 5.73 Å². The van der Waals surface area contributed by atoms with Gasteiger partial charge in [0, 0.05) is 10.6 Å². The number of ether oxygens (including phenoxy) is 1. The Hall–Kier alpha value is -2.08. The first-order chi connectivity index (χ1) is 10.1. The molecule has 1 aromatic carbocycles. The molecule has 112 valence electrons. The van der Waals surface area contributed by atoms with E-state index in [1.54, 1.807) is 11.3 Å². The van der Waals surface area contributed by atoms with E-state index in [0.29, 0.717) is 0 Å². The predicted molar refractivity (Wildman–Crippen MR) is 83.1 cm³/mol. The number of esters is 1. The molecule has 0 saturated heterocycles. The summed E-state index contributed by atoms with van der Waals surface area (Å²) < 4.78 is 18.7. The summed E-state index contributed by atoms with van der Waals surface area (Å²) in [5, 5.41) is 5.09. The molecule has 0 fully saturated rings. The average molecular weight is 308 g/mol. The molecule has 0 aliphatic rings. The van der Waals surface area contributed by atoms with Crippen LogP contribution >= 0.6 is 11.3 Å². The Morgan fingerprint density at radius 2 is 2.29 bits per heavy atom. The number of carbonyl (C=O) groups is 1. The molecule has 3 N–H and O–H groups in total. The van der Waals surface area contributed by atoms with E-state index in [0.717, 1.165) is 17.4 Å². The van der Waals surface area contributed by atoms with Crippen LogP contribution in [-0.2, 0) is 4.74 Å². The first-order valence-electron chi connectivity index (χ1n) is 6.54. The molecule has 0 aliphatic carbocycles. The predicted octanol–water partition coefficient (Wildman–Crippen LogP) is 3.82. The number of benzene rings is 1. The van der Waals surface area contributed by atoms with Gasteiger partial charge in [0.25, 0.3) is 0 Å². The third kappa shape index (κ3) is 3.33. The normalized spacial score (nSPS) is 12.0. The summed E-state index contributed by atoms with van der Waals surface area (Å²) in [4.78, 5) is 12.7. The molecule has 6 heteroatoms. The zero-order valence-electron chi connectivity index (χ0n) is 11.9. The van der Waals surface area contributed by atoms with Gasteiger partial charge in [0.1, 0.15) is 5.82 Å². The Morgan fingerprint density at radius 1 is 1.52 bits per heavy atom. The SMILES string of the molecule is CCC(Nc1cc(C(=O)OC)c(N)cc1F)c1cccs1. The highest BCUT2D eigenvalue weighted by molar-refractivity contribution is 7.10. The first-order valence-corrected chi connectivity index (χ1v) is 7.42. The van der Waals surface area contributed by atoms with Crippen LogP contribution in [0.5, 0.6) is 0 Å². The maximum atomic E-state index is 14.0. The van der Waals surface area contributed by atoms with Crippen LogP contribution in [0, 0.1) is 5.82 Å². The number of rotatable bonds is 5. The summed E-state index contributed by atoms with van der Waals surface area (Å²) in [5.41, 5.74) is 6.12. The fourth-order valence-electron chi connectivity index (χ4n) is 2.04. The molecule has 1 heterocycles. The van der Waals surface area contributed by atoms with Crippen molar-refractivity contribution < 1.29 is 13.9 Å². The largest absolute Gasteiger partial charge is 0.465 e. The highest BCUT2D eigenvalue weighted by Gasteiger charge is 2.17. The molecule has 4 nitrogen and oxygen atoms in total. The van der Waals surface area contributed by atoms with E-state index in [9.17, 15) is 9.18 Å². The van der Waals surface area contributed by atoms with Crippen molar-refractivity contribution in [3.8, 4) is 0 Å².